The first kappa shape index (κ1) is 22.6. The summed E-state index contributed by atoms with van der Waals surface area (Å²) in [6.45, 7) is 0. The third-order valence-corrected chi connectivity index (χ3v) is 8.86. The lowest BCUT2D eigenvalue weighted by Gasteiger charge is -2.24. The van der Waals surface area contributed by atoms with Crippen LogP contribution in [0, 0.1) is 5.82 Å². The number of carbonyl (C=O) groups excluding carboxylic acids is 1. The average molecular weight is 497 g/mol. The molecule has 9 heteroatoms. The van der Waals surface area contributed by atoms with E-state index in [-0.39, 0.29) is 40.9 Å². The molecule has 2 atom stereocenters. The summed E-state index contributed by atoms with van der Waals surface area (Å²) in [6, 6.07) is 22.1. The van der Waals surface area contributed by atoms with Gasteiger partial charge in [-0.1, -0.05) is 42.1 Å². The van der Waals surface area contributed by atoms with Gasteiger partial charge in [0.1, 0.15) is 17.3 Å². The monoisotopic (exact) mass is 496 g/mol. The van der Waals surface area contributed by atoms with Crippen LogP contribution >= 0.6 is 11.8 Å². The van der Waals surface area contributed by atoms with E-state index >= 15 is 0 Å². The van der Waals surface area contributed by atoms with Crippen LogP contribution in [0.4, 0.5) is 10.1 Å². The minimum Gasteiger partial charge on any atom is -0.457 e. The number of nitrogens with zero attached hydrogens (tertiary/aromatic N) is 2. The molecule has 0 aliphatic carbocycles. The zero-order valence-electron chi connectivity index (χ0n) is 18.0. The van der Waals surface area contributed by atoms with Crippen molar-refractivity contribution >= 4 is 38.4 Å². The molecule has 1 amide bonds. The van der Waals surface area contributed by atoms with Crippen LogP contribution in [0.2, 0.25) is 0 Å². The number of hydrogen-bond donors (Lipinski definition) is 0. The Balaban J connectivity index is 1.40. The fourth-order valence-corrected chi connectivity index (χ4v) is 8.02. The summed E-state index contributed by atoms with van der Waals surface area (Å²) >= 11 is 1.32. The number of ether oxygens (including phenoxy) is 1. The molecule has 2 aliphatic heterocycles. The second kappa shape index (κ2) is 9.23. The fourth-order valence-electron chi connectivity index (χ4n) is 4.09. The number of hydrogen-bond acceptors (Lipinski definition) is 5. The van der Waals surface area contributed by atoms with E-state index in [0.717, 1.165) is 5.69 Å². The normalized spacial score (nSPS) is 22.0. The van der Waals surface area contributed by atoms with Crippen molar-refractivity contribution in [2.45, 2.75) is 17.7 Å². The quantitative estimate of drug-likeness (QED) is 0.519. The molecule has 2 aliphatic rings. The van der Waals surface area contributed by atoms with Crippen LogP contribution in [0.1, 0.15) is 5.56 Å². The van der Waals surface area contributed by atoms with Crippen molar-refractivity contribution < 1.29 is 22.3 Å². The van der Waals surface area contributed by atoms with Crippen LogP contribution in [0.15, 0.2) is 83.9 Å². The van der Waals surface area contributed by atoms with E-state index in [1.807, 2.05) is 59.5 Å². The maximum Gasteiger partial charge on any atom is 0.252 e. The maximum atomic E-state index is 13.2. The minimum absolute atomic E-state index is 0.0120. The summed E-state index contributed by atoms with van der Waals surface area (Å²) in [7, 11) is -3.16. The summed E-state index contributed by atoms with van der Waals surface area (Å²) in [6.07, 6.45) is 0.0374. The Morgan fingerprint density at radius 1 is 0.971 bits per heavy atom. The summed E-state index contributed by atoms with van der Waals surface area (Å²) in [5, 5.41) is 0.288. The van der Waals surface area contributed by atoms with Crippen molar-refractivity contribution in [1.82, 2.24) is 0 Å². The van der Waals surface area contributed by atoms with Crippen molar-refractivity contribution in [3.05, 3.63) is 90.2 Å². The molecule has 2 fully saturated rings. The molecule has 0 saturated carbocycles. The average Bonchev–Trinajstić information content (AvgIpc) is 3.27. The van der Waals surface area contributed by atoms with Crippen LogP contribution in [0.25, 0.3) is 0 Å². The van der Waals surface area contributed by atoms with Crippen molar-refractivity contribution in [1.29, 1.82) is 0 Å². The van der Waals surface area contributed by atoms with Gasteiger partial charge in [0.2, 0.25) is 0 Å². The van der Waals surface area contributed by atoms with E-state index in [9.17, 15) is 17.6 Å². The van der Waals surface area contributed by atoms with Gasteiger partial charge in [0.05, 0.1) is 24.0 Å². The first-order chi connectivity index (χ1) is 16.4. The fraction of sp³-hybridized carbons (Fsp3) is 0.200. The minimum atomic E-state index is -3.16. The molecule has 2 heterocycles. The first-order valence-corrected chi connectivity index (χ1v) is 13.4. The molecule has 2 saturated heterocycles. The number of amides is 1. The van der Waals surface area contributed by atoms with Gasteiger partial charge in [0.25, 0.3) is 5.91 Å². The Bertz CT molecular complexity index is 1330. The van der Waals surface area contributed by atoms with E-state index in [0.29, 0.717) is 22.2 Å². The second-order valence-electron chi connectivity index (χ2n) is 8.17. The Morgan fingerprint density at radius 2 is 1.65 bits per heavy atom. The highest BCUT2D eigenvalue weighted by molar-refractivity contribution is 8.16. The lowest BCUT2D eigenvalue weighted by Crippen LogP contribution is -2.37. The lowest BCUT2D eigenvalue weighted by molar-refractivity contribution is -0.117. The predicted molar refractivity (Wildman–Crippen MR) is 132 cm³/mol. The number of sulfone groups is 1. The van der Waals surface area contributed by atoms with Gasteiger partial charge in [0.15, 0.2) is 15.0 Å². The number of anilines is 1. The number of fused-ring (bicyclic) bond motifs is 1. The van der Waals surface area contributed by atoms with E-state index in [1.165, 1.54) is 23.9 Å². The lowest BCUT2D eigenvalue weighted by atomic mass is 10.1. The van der Waals surface area contributed by atoms with Crippen molar-refractivity contribution in [2.75, 3.05) is 16.4 Å². The molecule has 5 rings (SSSR count). The number of para-hydroxylation sites is 1. The molecular formula is C25H21FN2O4S2. The number of thioether (sulfide) groups is 1. The molecule has 0 bridgehead atoms. The molecule has 3 aromatic rings. The van der Waals surface area contributed by atoms with Crippen molar-refractivity contribution in [3.63, 3.8) is 0 Å². The maximum absolute atomic E-state index is 13.2. The third-order valence-electron chi connectivity index (χ3n) is 5.65. The molecule has 0 radical (unpaired) electrons. The summed E-state index contributed by atoms with van der Waals surface area (Å²) < 4.78 is 43.6. The van der Waals surface area contributed by atoms with Gasteiger partial charge in [-0.05, 0) is 54.1 Å². The van der Waals surface area contributed by atoms with Gasteiger partial charge in [0, 0.05) is 10.9 Å². The van der Waals surface area contributed by atoms with E-state index in [4.69, 9.17) is 4.74 Å². The van der Waals surface area contributed by atoms with Gasteiger partial charge < -0.3 is 9.64 Å². The van der Waals surface area contributed by atoms with Gasteiger partial charge in [-0.15, -0.1) is 0 Å². The Kier molecular flexibility index (Phi) is 6.14. The van der Waals surface area contributed by atoms with Crippen molar-refractivity contribution in [3.8, 4) is 11.5 Å². The summed E-state index contributed by atoms with van der Waals surface area (Å²) in [5.41, 5.74) is 1.40. The summed E-state index contributed by atoms with van der Waals surface area (Å²) in [5.74, 6) is 0.683. The predicted octanol–water partition coefficient (Wildman–Crippen LogP) is 4.46. The van der Waals surface area contributed by atoms with Crippen LogP contribution in [0.3, 0.4) is 0 Å². The first-order valence-electron chi connectivity index (χ1n) is 10.7. The highest BCUT2D eigenvalue weighted by atomic mass is 32.2. The molecule has 34 heavy (non-hydrogen) atoms. The van der Waals surface area contributed by atoms with Crippen LogP contribution < -0.4 is 9.64 Å². The molecule has 0 aromatic heterocycles. The highest BCUT2D eigenvalue weighted by Crippen LogP contribution is 2.41. The number of halogens is 1. The molecule has 174 valence electrons. The number of rotatable bonds is 5. The Labute approximate surface area is 201 Å². The van der Waals surface area contributed by atoms with Gasteiger partial charge in [-0.3, -0.25) is 4.79 Å². The molecule has 6 nitrogen and oxygen atoms in total. The molecule has 0 N–H and O–H groups in total. The Hall–Kier alpha value is -3.17. The molecule has 0 unspecified atom stereocenters. The van der Waals surface area contributed by atoms with Gasteiger partial charge >= 0.3 is 0 Å². The molecule has 3 aromatic carbocycles. The number of carbonyl (C=O) groups is 1. The third kappa shape index (κ3) is 5.00. The summed E-state index contributed by atoms with van der Waals surface area (Å²) in [4.78, 5) is 18.8. The molecule has 0 spiro atoms. The second-order valence-corrected chi connectivity index (χ2v) is 11.5. The van der Waals surface area contributed by atoms with Crippen LogP contribution in [-0.2, 0) is 21.1 Å². The van der Waals surface area contributed by atoms with E-state index in [2.05, 4.69) is 4.99 Å². The van der Waals surface area contributed by atoms with Crippen LogP contribution in [-0.4, -0.2) is 42.3 Å². The zero-order chi connectivity index (χ0) is 23.7. The van der Waals surface area contributed by atoms with Gasteiger partial charge in [-0.25, -0.2) is 12.8 Å². The number of amidine groups is 1. The largest absolute Gasteiger partial charge is 0.457 e. The van der Waals surface area contributed by atoms with Crippen LogP contribution in [0.5, 0.6) is 11.5 Å². The zero-order valence-corrected chi connectivity index (χ0v) is 19.6. The van der Waals surface area contributed by atoms with Gasteiger partial charge in [-0.2, -0.15) is 4.99 Å². The smallest absolute Gasteiger partial charge is 0.252 e. The highest BCUT2D eigenvalue weighted by Gasteiger charge is 2.49. The number of aliphatic imine (C=N–C) groups is 1. The standard InChI is InChI=1S/C25H21FN2O4S2/c26-18-8-6-17(7-9-18)14-24(29)27-25-28(22-15-34(30,31)16-23(22)33-25)19-10-12-21(13-11-19)32-20-4-2-1-3-5-20/h1-13,22-23H,14-16H2/t22-,23+/m0/s1. The van der Waals surface area contributed by atoms with Crippen molar-refractivity contribution in [2.24, 2.45) is 4.99 Å². The Morgan fingerprint density at radius 3 is 2.35 bits per heavy atom. The van der Waals surface area contributed by atoms with E-state index in [1.54, 1.807) is 12.1 Å². The molecular weight excluding hydrogens is 475 g/mol. The number of benzene rings is 3. The topological polar surface area (TPSA) is 76.0 Å². The SMILES string of the molecule is O=C(Cc1ccc(F)cc1)N=C1S[C@@H]2CS(=O)(=O)C[C@@H]2N1c1ccc(Oc2ccccc2)cc1. The van der Waals surface area contributed by atoms with E-state index < -0.39 is 9.84 Å².